The molecular formula is C42H63N5O7. The van der Waals surface area contributed by atoms with E-state index in [1.807, 2.05) is 37.2 Å². The van der Waals surface area contributed by atoms with Gasteiger partial charge in [-0.3, -0.25) is 19.2 Å². The summed E-state index contributed by atoms with van der Waals surface area (Å²) in [6.07, 6.45) is 1.20. The third kappa shape index (κ3) is 8.94. The fraction of sp³-hybridized carbons (Fsp3) is 0.643. The zero-order valence-electron chi connectivity index (χ0n) is 33.8. The van der Waals surface area contributed by atoms with Crippen LogP contribution in [0.15, 0.2) is 36.4 Å². The van der Waals surface area contributed by atoms with Crippen molar-refractivity contribution in [2.45, 2.75) is 105 Å². The van der Waals surface area contributed by atoms with Gasteiger partial charge in [0.15, 0.2) is 0 Å². The van der Waals surface area contributed by atoms with Gasteiger partial charge < -0.3 is 35.8 Å². The highest BCUT2D eigenvalue weighted by Crippen LogP contribution is 2.61. The Labute approximate surface area is 321 Å². The van der Waals surface area contributed by atoms with Gasteiger partial charge in [0, 0.05) is 53.8 Å². The van der Waals surface area contributed by atoms with Gasteiger partial charge in [-0.1, -0.05) is 52.8 Å². The summed E-state index contributed by atoms with van der Waals surface area (Å²) in [5, 5.41) is 32.2. The molecule has 0 aromatic heterocycles. The van der Waals surface area contributed by atoms with Crippen LogP contribution in [0.2, 0.25) is 0 Å². The van der Waals surface area contributed by atoms with Gasteiger partial charge in [0.25, 0.3) is 5.91 Å². The number of anilines is 1. The van der Waals surface area contributed by atoms with Crippen molar-refractivity contribution in [3.05, 3.63) is 47.5 Å². The van der Waals surface area contributed by atoms with Gasteiger partial charge in [-0.05, 0) is 93.1 Å². The molecule has 0 spiro atoms. The summed E-state index contributed by atoms with van der Waals surface area (Å²) < 4.78 is 6.03. The molecular weight excluding hydrogens is 686 g/mol. The van der Waals surface area contributed by atoms with Gasteiger partial charge in [-0.25, -0.2) is 0 Å². The largest absolute Gasteiger partial charge is 0.496 e. The van der Waals surface area contributed by atoms with E-state index in [4.69, 9.17) is 9.57 Å². The standard InChI is InChI=1S/C42H63N5O7/c1-23(2)14-32(21-46(8)9)44-40(51)29-15-28(16-31(17-29)43-26(5)50)33-13-11-12-27(39(33)53-10)20-47-38(37(25(4)49)36(22-48)54-47)41(52)45-35-19-30-18-34(24(35)3)42(30,6)7/h11-13,15-17,23-25,30,32,34-38,48-49H,14,18-22H2,1-10H3,(H,43,50)(H,44,51)(H,45,52)/t24-,25-,30+,32+,34-,35?,36-,37-,38-/m0/s1. The molecule has 3 aliphatic carbocycles. The van der Waals surface area contributed by atoms with Crippen LogP contribution >= 0.6 is 0 Å². The van der Waals surface area contributed by atoms with Crippen molar-refractivity contribution in [1.29, 1.82) is 0 Å². The number of ether oxygens (including phenoxy) is 1. The van der Waals surface area contributed by atoms with Crippen LogP contribution in [0.5, 0.6) is 5.75 Å². The number of rotatable bonds is 15. The van der Waals surface area contributed by atoms with Crippen molar-refractivity contribution in [1.82, 2.24) is 20.6 Å². The molecule has 3 saturated carbocycles. The first kappa shape index (κ1) is 41.6. The average Bonchev–Trinajstić information content (AvgIpc) is 3.46. The van der Waals surface area contributed by atoms with E-state index < -0.39 is 24.2 Å². The van der Waals surface area contributed by atoms with Gasteiger partial charge in [-0.15, -0.1) is 0 Å². The minimum Gasteiger partial charge on any atom is -0.496 e. The number of carbonyl (C=O) groups is 3. The number of aliphatic hydroxyl groups is 2. The molecule has 12 heteroatoms. The van der Waals surface area contributed by atoms with Crippen LogP contribution in [0.3, 0.4) is 0 Å². The molecule has 2 aromatic rings. The molecule has 1 aliphatic heterocycles. The summed E-state index contributed by atoms with van der Waals surface area (Å²) in [6.45, 7) is 14.6. The smallest absolute Gasteiger partial charge is 0.251 e. The molecule has 3 amide bonds. The molecule has 1 saturated heterocycles. The van der Waals surface area contributed by atoms with E-state index in [9.17, 15) is 24.6 Å². The number of nitrogens with one attached hydrogen (secondary N) is 3. The van der Waals surface area contributed by atoms with Crippen LogP contribution in [-0.2, 0) is 21.0 Å². The molecule has 1 heterocycles. The third-order valence-corrected chi connectivity index (χ3v) is 12.2. The highest BCUT2D eigenvalue weighted by Gasteiger charge is 2.57. The first-order valence-corrected chi connectivity index (χ1v) is 19.5. The second-order valence-corrected chi connectivity index (χ2v) is 17.3. The minimum atomic E-state index is -0.925. The lowest BCUT2D eigenvalue weighted by atomic mass is 9.45. The van der Waals surface area contributed by atoms with E-state index in [-0.39, 0.29) is 48.4 Å². The molecule has 4 fully saturated rings. The quantitative estimate of drug-likeness (QED) is 0.175. The summed E-state index contributed by atoms with van der Waals surface area (Å²) in [5.74, 6) is 0.870. The molecule has 4 aliphatic rings. The lowest BCUT2D eigenvalue weighted by molar-refractivity contribution is -0.183. The number of benzene rings is 2. The van der Waals surface area contributed by atoms with E-state index in [1.165, 1.54) is 13.3 Å². The number of amides is 3. The maximum atomic E-state index is 14.3. The first-order chi connectivity index (χ1) is 25.4. The molecule has 9 atom stereocenters. The molecule has 0 radical (unpaired) electrons. The number of fused-ring (bicyclic) bond motifs is 2. The van der Waals surface area contributed by atoms with Crippen LogP contribution in [0.1, 0.15) is 83.7 Å². The Morgan fingerprint density at radius 2 is 1.83 bits per heavy atom. The monoisotopic (exact) mass is 749 g/mol. The van der Waals surface area contributed by atoms with Crippen molar-refractivity contribution in [2.75, 3.05) is 39.7 Å². The van der Waals surface area contributed by atoms with E-state index in [1.54, 1.807) is 37.3 Å². The summed E-state index contributed by atoms with van der Waals surface area (Å²) >= 11 is 0. The Bertz CT molecular complexity index is 1650. The summed E-state index contributed by atoms with van der Waals surface area (Å²) in [6, 6.07) is 9.96. The van der Waals surface area contributed by atoms with E-state index in [0.29, 0.717) is 63.9 Å². The predicted octanol–water partition coefficient (Wildman–Crippen LogP) is 4.69. The number of hydrogen-bond acceptors (Lipinski definition) is 9. The van der Waals surface area contributed by atoms with Crippen molar-refractivity contribution in [3.8, 4) is 16.9 Å². The lowest BCUT2D eigenvalue weighted by Crippen LogP contribution is -2.62. The number of aliphatic hydroxyl groups excluding tert-OH is 2. The Morgan fingerprint density at radius 3 is 2.41 bits per heavy atom. The fourth-order valence-corrected chi connectivity index (χ4v) is 9.48. The van der Waals surface area contributed by atoms with Crippen molar-refractivity contribution < 1.29 is 34.2 Å². The fourth-order valence-electron chi connectivity index (χ4n) is 9.48. The Morgan fingerprint density at radius 1 is 1.11 bits per heavy atom. The molecule has 298 valence electrons. The van der Waals surface area contributed by atoms with Gasteiger partial charge in [0.1, 0.15) is 17.9 Å². The number of nitrogens with zero attached hydrogens (tertiary/aromatic N) is 2. The third-order valence-electron chi connectivity index (χ3n) is 12.2. The van der Waals surface area contributed by atoms with Crippen LogP contribution < -0.4 is 20.7 Å². The number of likely N-dealkylation sites (N-methyl/N-ethyl adjacent to an activating group) is 1. The minimum absolute atomic E-state index is 0.0163. The number of carbonyl (C=O) groups excluding carboxylic acids is 3. The summed E-state index contributed by atoms with van der Waals surface area (Å²) in [7, 11) is 5.52. The van der Waals surface area contributed by atoms with Crippen molar-refractivity contribution >= 4 is 23.4 Å². The molecule has 5 N–H and O–H groups in total. The molecule has 2 bridgehead atoms. The van der Waals surface area contributed by atoms with Gasteiger partial charge in [-0.2, -0.15) is 5.06 Å². The number of hydroxylamine groups is 2. The molecule has 6 rings (SSSR count). The zero-order valence-corrected chi connectivity index (χ0v) is 33.8. The maximum Gasteiger partial charge on any atom is 0.251 e. The highest BCUT2D eigenvalue weighted by molar-refractivity contribution is 5.99. The second kappa shape index (κ2) is 17.1. The summed E-state index contributed by atoms with van der Waals surface area (Å²) in [4.78, 5) is 48.5. The highest BCUT2D eigenvalue weighted by atomic mass is 16.7. The van der Waals surface area contributed by atoms with Gasteiger partial charge in [0.05, 0.1) is 26.4 Å². The lowest BCUT2D eigenvalue weighted by Gasteiger charge is -2.62. The Balaban J connectivity index is 1.46. The van der Waals surface area contributed by atoms with Crippen LogP contribution in [0.25, 0.3) is 11.1 Å². The van der Waals surface area contributed by atoms with E-state index >= 15 is 0 Å². The Kier molecular flexibility index (Phi) is 13.2. The Hall–Kier alpha value is -3.55. The van der Waals surface area contributed by atoms with Crippen LogP contribution in [-0.4, -0.2) is 103 Å². The van der Waals surface area contributed by atoms with Crippen molar-refractivity contribution in [3.63, 3.8) is 0 Å². The topological polar surface area (TPSA) is 153 Å². The number of hydrogen-bond donors (Lipinski definition) is 5. The SMILES string of the molecule is COc1c(CN2O[C@@H](CO)[C@H]([C@H](C)O)[C@H]2C(=O)NC2C[C@H]3C[C@@H]([C@@H]2C)C3(C)C)cccc1-c1cc(NC(C)=O)cc(C(=O)N[C@H](CC(C)C)CN(C)C)c1. The zero-order chi connectivity index (χ0) is 39.6. The van der Waals surface area contributed by atoms with E-state index in [2.05, 4.69) is 50.6 Å². The van der Waals surface area contributed by atoms with Crippen LogP contribution in [0, 0.1) is 35.0 Å². The number of methoxy groups -OCH3 is 1. The molecule has 1 unspecified atom stereocenters. The normalized spacial score (nSPS) is 27.3. The molecule has 12 nitrogen and oxygen atoms in total. The van der Waals surface area contributed by atoms with Gasteiger partial charge in [0.2, 0.25) is 11.8 Å². The second-order valence-electron chi connectivity index (χ2n) is 17.3. The van der Waals surface area contributed by atoms with Crippen molar-refractivity contribution in [2.24, 2.45) is 35.0 Å². The average molecular weight is 750 g/mol. The van der Waals surface area contributed by atoms with Gasteiger partial charge >= 0.3 is 0 Å². The maximum absolute atomic E-state index is 14.3. The first-order valence-electron chi connectivity index (χ1n) is 19.5. The molecule has 2 aromatic carbocycles. The predicted molar refractivity (Wildman–Crippen MR) is 210 cm³/mol. The van der Waals surface area contributed by atoms with Crippen LogP contribution in [0.4, 0.5) is 5.69 Å². The van der Waals surface area contributed by atoms with E-state index in [0.717, 1.165) is 12.8 Å². The summed E-state index contributed by atoms with van der Waals surface area (Å²) in [5.41, 5.74) is 3.14. The molecule has 54 heavy (non-hydrogen) atoms. The number of para-hydroxylation sites is 1.